The van der Waals surface area contributed by atoms with E-state index in [9.17, 15) is 18.0 Å². The largest absolute Gasteiger partial charge is 0.452 e. The first-order chi connectivity index (χ1) is 15.3. The molecule has 1 saturated heterocycles. The number of carbonyl (C=O) groups is 2. The van der Waals surface area contributed by atoms with Gasteiger partial charge in [0.2, 0.25) is 10.0 Å². The maximum atomic E-state index is 13.0. The first-order valence-electron chi connectivity index (χ1n) is 10.5. The van der Waals surface area contributed by atoms with Crippen molar-refractivity contribution in [2.75, 3.05) is 39.5 Å². The quantitative estimate of drug-likeness (QED) is 0.606. The van der Waals surface area contributed by atoms with Gasteiger partial charge in [0.1, 0.15) is 0 Å². The maximum absolute atomic E-state index is 13.0. The highest BCUT2D eigenvalue weighted by atomic mass is 32.2. The fraction of sp³-hybridized carbons (Fsp3) is 0.391. The second-order valence-corrected chi connectivity index (χ2v) is 9.60. The van der Waals surface area contributed by atoms with Crippen LogP contribution >= 0.6 is 0 Å². The molecule has 1 amide bonds. The van der Waals surface area contributed by atoms with E-state index in [0.29, 0.717) is 25.3 Å². The van der Waals surface area contributed by atoms with Crippen LogP contribution in [0.15, 0.2) is 53.4 Å². The molecule has 2 aromatic carbocycles. The number of carbonyl (C=O) groups excluding carboxylic acids is 2. The van der Waals surface area contributed by atoms with E-state index in [1.54, 1.807) is 13.0 Å². The van der Waals surface area contributed by atoms with Gasteiger partial charge in [0.25, 0.3) is 5.91 Å². The van der Waals surface area contributed by atoms with Crippen molar-refractivity contribution in [2.45, 2.75) is 24.7 Å². The number of morpholine rings is 1. The molecule has 3 rings (SSSR count). The van der Waals surface area contributed by atoms with Gasteiger partial charge in [-0.3, -0.25) is 4.79 Å². The summed E-state index contributed by atoms with van der Waals surface area (Å²) in [6.45, 7) is 4.81. The molecule has 0 bridgehead atoms. The van der Waals surface area contributed by atoms with Gasteiger partial charge in [-0.15, -0.1) is 0 Å². The molecular formula is C23H28N2O6S. The molecular weight excluding hydrogens is 432 g/mol. The van der Waals surface area contributed by atoms with Crippen LogP contribution in [0.5, 0.6) is 0 Å². The number of esters is 1. The summed E-state index contributed by atoms with van der Waals surface area (Å²) in [6, 6.07) is 14.1. The summed E-state index contributed by atoms with van der Waals surface area (Å²) in [5.41, 5.74) is 1.70. The summed E-state index contributed by atoms with van der Waals surface area (Å²) in [7, 11) is -3.76. The Morgan fingerprint density at radius 3 is 2.50 bits per heavy atom. The van der Waals surface area contributed by atoms with Crippen LogP contribution in [0.25, 0.3) is 0 Å². The highest BCUT2D eigenvalue weighted by Gasteiger charge is 2.28. The van der Waals surface area contributed by atoms with Gasteiger partial charge >= 0.3 is 5.97 Å². The Morgan fingerprint density at radius 2 is 1.81 bits per heavy atom. The van der Waals surface area contributed by atoms with Crippen molar-refractivity contribution in [3.63, 3.8) is 0 Å². The summed E-state index contributed by atoms with van der Waals surface area (Å²) in [4.78, 5) is 24.6. The molecule has 0 radical (unpaired) electrons. The fourth-order valence-electron chi connectivity index (χ4n) is 3.36. The van der Waals surface area contributed by atoms with E-state index in [2.05, 4.69) is 5.32 Å². The summed E-state index contributed by atoms with van der Waals surface area (Å²) >= 11 is 0. The molecule has 1 fully saturated rings. The van der Waals surface area contributed by atoms with Gasteiger partial charge in [0, 0.05) is 19.6 Å². The average Bonchev–Trinajstić information content (AvgIpc) is 2.82. The highest BCUT2D eigenvalue weighted by Crippen LogP contribution is 2.22. The van der Waals surface area contributed by atoms with Crippen LogP contribution in [0.3, 0.4) is 0 Å². The van der Waals surface area contributed by atoms with E-state index in [1.807, 2.05) is 37.3 Å². The van der Waals surface area contributed by atoms with Crippen molar-refractivity contribution in [1.82, 2.24) is 9.62 Å². The lowest BCUT2D eigenvalue weighted by Gasteiger charge is -2.26. The first-order valence-corrected chi connectivity index (χ1v) is 11.9. The van der Waals surface area contributed by atoms with Crippen molar-refractivity contribution in [3.05, 3.63) is 65.2 Å². The zero-order valence-corrected chi connectivity index (χ0v) is 19.1. The van der Waals surface area contributed by atoms with Crippen LogP contribution in [0, 0.1) is 6.92 Å². The molecule has 0 aliphatic carbocycles. The standard InChI is InChI=1S/C23H28N2O6S/c1-17-8-9-20(14-21(17)32(28,29)25-10-12-30-13-11-25)23(27)31-16-22(26)24-15-18(2)19-6-4-3-5-7-19/h3-9,14,18H,10-13,15-16H2,1-2H3,(H,24,26). The molecule has 1 unspecified atom stereocenters. The minimum atomic E-state index is -3.76. The van der Waals surface area contributed by atoms with Crippen molar-refractivity contribution in [3.8, 4) is 0 Å². The fourth-order valence-corrected chi connectivity index (χ4v) is 5.02. The second-order valence-electron chi connectivity index (χ2n) is 7.69. The Bertz CT molecular complexity index is 1050. The topological polar surface area (TPSA) is 102 Å². The molecule has 1 aliphatic rings. The SMILES string of the molecule is Cc1ccc(C(=O)OCC(=O)NCC(C)c2ccccc2)cc1S(=O)(=O)N1CCOCC1. The summed E-state index contributed by atoms with van der Waals surface area (Å²) in [6.07, 6.45) is 0. The first kappa shape index (κ1) is 23.9. The lowest BCUT2D eigenvalue weighted by Crippen LogP contribution is -2.40. The Labute approximate surface area is 188 Å². The molecule has 8 nitrogen and oxygen atoms in total. The molecule has 1 N–H and O–H groups in total. The number of hydrogen-bond acceptors (Lipinski definition) is 6. The van der Waals surface area contributed by atoms with Gasteiger partial charge in [-0.2, -0.15) is 4.31 Å². The molecule has 1 heterocycles. The van der Waals surface area contributed by atoms with Crippen LogP contribution in [-0.2, 0) is 24.3 Å². The molecule has 0 saturated carbocycles. The van der Waals surface area contributed by atoms with Crippen LogP contribution in [0.4, 0.5) is 0 Å². The van der Waals surface area contributed by atoms with Crippen LogP contribution in [0.1, 0.15) is 34.3 Å². The van der Waals surface area contributed by atoms with Gasteiger partial charge in [0.15, 0.2) is 6.61 Å². The lowest BCUT2D eigenvalue weighted by molar-refractivity contribution is -0.124. The Kier molecular flexibility index (Phi) is 8.00. The number of hydrogen-bond donors (Lipinski definition) is 1. The minimum Gasteiger partial charge on any atom is -0.452 e. The monoisotopic (exact) mass is 460 g/mol. The smallest absolute Gasteiger partial charge is 0.338 e. The number of nitrogens with zero attached hydrogens (tertiary/aromatic N) is 1. The Hall–Kier alpha value is -2.75. The molecule has 1 aliphatic heterocycles. The third-order valence-corrected chi connectivity index (χ3v) is 7.36. The number of sulfonamides is 1. The predicted octanol–water partition coefficient (Wildman–Crippen LogP) is 2.09. The predicted molar refractivity (Wildman–Crippen MR) is 119 cm³/mol. The summed E-state index contributed by atoms with van der Waals surface area (Å²) in [5.74, 6) is -1.06. The minimum absolute atomic E-state index is 0.0509. The van der Waals surface area contributed by atoms with Crippen molar-refractivity contribution in [2.24, 2.45) is 0 Å². The number of rotatable bonds is 8. The molecule has 32 heavy (non-hydrogen) atoms. The number of benzene rings is 2. The highest BCUT2D eigenvalue weighted by molar-refractivity contribution is 7.89. The maximum Gasteiger partial charge on any atom is 0.338 e. The van der Waals surface area contributed by atoms with E-state index in [1.165, 1.54) is 16.4 Å². The van der Waals surface area contributed by atoms with E-state index < -0.39 is 28.5 Å². The number of amides is 1. The normalized spacial score (nSPS) is 15.7. The summed E-state index contributed by atoms with van der Waals surface area (Å²) in [5, 5.41) is 2.74. The van der Waals surface area contributed by atoms with Gasteiger partial charge < -0.3 is 14.8 Å². The van der Waals surface area contributed by atoms with Crippen molar-refractivity contribution >= 4 is 21.9 Å². The van der Waals surface area contributed by atoms with Crippen LogP contribution in [0.2, 0.25) is 0 Å². The van der Waals surface area contributed by atoms with Gasteiger partial charge in [-0.05, 0) is 36.1 Å². The van der Waals surface area contributed by atoms with Crippen molar-refractivity contribution in [1.29, 1.82) is 0 Å². The van der Waals surface area contributed by atoms with Crippen LogP contribution < -0.4 is 5.32 Å². The summed E-state index contributed by atoms with van der Waals surface area (Å²) < 4.78 is 37.6. The van der Waals surface area contributed by atoms with Crippen molar-refractivity contribution < 1.29 is 27.5 Å². The third-order valence-electron chi connectivity index (χ3n) is 5.32. The average molecular weight is 461 g/mol. The third kappa shape index (κ3) is 5.93. The van der Waals surface area contributed by atoms with E-state index in [0.717, 1.165) is 5.56 Å². The lowest BCUT2D eigenvalue weighted by atomic mass is 10.0. The molecule has 2 aromatic rings. The van der Waals surface area contributed by atoms with Gasteiger partial charge in [-0.25, -0.2) is 13.2 Å². The number of nitrogens with one attached hydrogen (secondary N) is 1. The van der Waals surface area contributed by atoms with Gasteiger partial charge in [-0.1, -0.05) is 43.3 Å². The molecule has 0 spiro atoms. The Morgan fingerprint density at radius 1 is 1.12 bits per heavy atom. The molecule has 172 valence electrons. The van der Waals surface area contributed by atoms with Gasteiger partial charge in [0.05, 0.1) is 23.7 Å². The van der Waals surface area contributed by atoms with E-state index in [4.69, 9.17) is 9.47 Å². The molecule has 1 atom stereocenters. The molecule has 0 aromatic heterocycles. The van der Waals surface area contributed by atoms with E-state index >= 15 is 0 Å². The Balaban J connectivity index is 1.58. The van der Waals surface area contributed by atoms with E-state index in [-0.39, 0.29) is 29.5 Å². The second kappa shape index (κ2) is 10.7. The molecule has 9 heteroatoms. The zero-order chi connectivity index (χ0) is 23.1. The number of aryl methyl sites for hydroxylation is 1. The number of ether oxygens (including phenoxy) is 2. The van der Waals surface area contributed by atoms with Crippen LogP contribution in [-0.4, -0.2) is 64.1 Å². The zero-order valence-electron chi connectivity index (χ0n) is 18.2.